The van der Waals surface area contributed by atoms with Crippen molar-refractivity contribution in [2.75, 3.05) is 7.11 Å². The van der Waals surface area contributed by atoms with E-state index in [2.05, 4.69) is 9.47 Å². The van der Waals surface area contributed by atoms with Gasteiger partial charge in [0, 0.05) is 5.56 Å². The summed E-state index contributed by atoms with van der Waals surface area (Å²) in [6, 6.07) is 4.21. The van der Waals surface area contributed by atoms with Crippen LogP contribution in [0.3, 0.4) is 0 Å². The fourth-order valence-corrected chi connectivity index (χ4v) is 1.30. The number of ether oxygens (including phenoxy) is 2. The van der Waals surface area contributed by atoms with E-state index in [-0.39, 0.29) is 5.56 Å². The molecule has 0 heterocycles. The second-order valence-electron chi connectivity index (χ2n) is 3.59. The van der Waals surface area contributed by atoms with Gasteiger partial charge in [-0.3, -0.25) is 9.59 Å². The Labute approximate surface area is 111 Å². The maximum atomic E-state index is 12.0. The summed E-state index contributed by atoms with van der Waals surface area (Å²) < 4.78 is 43.8. The Morgan fingerprint density at radius 3 is 2.40 bits per heavy atom. The highest BCUT2D eigenvalue weighted by Crippen LogP contribution is 2.23. The van der Waals surface area contributed by atoms with Gasteiger partial charge in [-0.25, -0.2) is 4.79 Å². The second-order valence-corrected chi connectivity index (χ2v) is 3.59. The number of hydrogen-bond acceptors (Lipinski definition) is 5. The van der Waals surface area contributed by atoms with Crippen molar-refractivity contribution in [3.8, 4) is 5.75 Å². The van der Waals surface area contributed by atoms with Crippen LogP contribution in [0.4, 0.5) is 13.2 Å². The molecule has 5 nitrogen and oxygen atoms in total. The van der Waals surface area contributed by atoms with Crippen molar-refractivity contribution in [1.29, 1.82) is 0 Å². The minimum Gasteiger partial charge on any atom is -0.463 e. The Balaban J connectivity index is 2.81. The summed E-state index contributed by atoms with van der Waals surface area (Å²) in [6.45, 7) is 0. The van der Waals surface area contributed by atoms with Crippen LogP contribution in [0.15, 0.2) is 24.3 Å². The number of carbonyl (C=O) groups excluding carboxylic acids is 3. The van der Waals surface area contributed by atoms with E-state index in [0.29, 0.717) is 0 Å². The van der Waals surface area contributed by atoms with Gasteiger partial charge in [-0.2, -0.15) is 0 Å². The molecular formula is C12H9F3O5. The highest BCUT2D eigenvalue weighted by atomic mass is 19.4. The Kier molecular flexibility index (Phi) is 4.84. The zero-order valence-corrected chi connectivity index (χ0v) is 10.2. The lowest BCUT2D eigenvalue weighted by Crippen LogP contribution is -2.20. The van der Waals surface area contributed by atoms with Crippen LogP contribution in [-0.2, 0) is 14.3 Å². The Morgan fingerprint density at radius 1 is 1.20 bits per heavy atom. The molecule has 0 bridgehead atoms. The van der Waals surface area contributed by atoms with Gasteiger partial charge in [-0.05, 0) is 12.1 Å². The van der Waals surface area contributed by atoms with Crippen LogP contribution >= 0.6 is 0 Å². The topological polar surface area (TPSA) is 69.7 Å². The molecule has 108 valence electrons. The van der Waals surface area contributed by atoms with Gasteiger partial charge < -0.3 is 9.47 Å². The van der Waals surface area contributed by atoms with Crippen LogP contribution in [0.25, 0.3) is 0 Å². The smallest absolute Gasteiger partial charge is 0.463 e. The molecule has 0 aliphatic rings. The maximum absolute atomic E-state index is 12.0. The third kappa shape index (κ3) is 4.71. The summed E-state index contributed by atoms with van der Waals surface area (Å²) in [6.07, 6.45) is -5.67. The van der Waals surface area contributed by atoms with E-state index in [4.69, 9.17) is 0 Å². The van der Waals surface area contributed by atoms with Crippen molar-refractivity contribution in [2.24, 2.45) is 0 Å². The van der Waals surface area contributed by atoms with Crippen molar-refractivity contribution < 1.29 is 37.0 Å². The average Bonchev–Trinajstić information content (AvgIpc) is 2.35. The zero-order valence-electron chi connectivity index (χ0n) is 10.2. The Morgan fingerprint density at radius 2 is 1.85 bits per heavy atom. The van der Waals surface area contributed by atoms with Crippen LogP contribution in [0.1, 0.15) is 16.8 Å². The average molecular weight is 290 g/mol. The molecule has 0 atom stereocenters. The molecular weight excluding hydrogens is 281 g/mol. The standard InChI is InChI=1S/C12H9F3O5/c1-19-11(18)10(17)6-9(16)7-3-2-4-8(5-7)20-12(13,14)15/h2-5H,6H2,1H3. The number of carbonyl (C=O) groups is 3. The Hall–Kier alpha value is -2.38. The molecule has 20 heavy (non-hydrogen) atoms. The third-order valence-corrected chi connectivity index (χ3v) is 2.12. The second kappa shape index (κ2) is 6.18. The van der Waals surface area contributed by atoms with Gasteiger partial charge in [-0.1, -0.05) is 12.1 Å². The molecule has 0 radical (unpaired) electrons. The number of methoxy groups -OCH3 is 1. The fourth-order valence-electron chi connectivity index (χ4n) is 1.30. The van der Waals surface area contributed by atoms with Gasteiger partial charge in [0.25, 0.3) is 0 Å². The summed E-state index contributed by atoms with van der Waals surface area (Å²) in [5.41, 5.74) is -0.177. The summed E-state index contributed by atoms with van der Waals surface area (Å²) in [5, 5.41) is 0. The summed E-state index contributed by atoms with van der Waals surface area (Å²) >= 11 is 0. The van der Waals surface area contributed by atoms with Crippen LogP contribution in [0.2, 0.25) is 0 Å². The summed E-state index contributed by atoms with van der Waals surface area (Å²) in [7, 11) is 0.975. The van der Waals surface area contributed by atoms with E-state index in [1.807, 2.05) is 0 Å². The van der Waals surface area contributed by atoms with E-state index < -0.39 is 36.1 Å². The lowest BCUT2D eigenvalue weighted by atomic mass is 10.1. The summed E-state index contributed by atoms with van der Waals surface area (Å²) in [5.74, 6) is -3.68. The minimum absolute atomic E-state index is 0.177. The van der Waals surface area contributed by atoms with Gasteiger partial charge in [0.1, 0.15) is 5.75 Å². The molecule has 0 N–H and O–H groups in total. The zero-order chi connectivity index (χ0) is 15.3. The molecule has 0 saturated heterocycles. The van der Waals surface area contributed by atoms with Crippen molar-refractivity contribution >= 4 is 17.5 Å². The number of esters is 1. The molecule has 0 spiro atoms. The molecule has 0 fully saturated rings. The van der Waals surface area contributed by atoms with Crippen LogP contribution in [-0.4, -0.2) is 31.0 Å². The molecule has 0 aliphatic carbocycles. The third-order valence-electron chi connectivity index (χ3n) is 2.12. The number of ketones is 2. The van der Waals surface area contributed by atoms with Gasteiger partial charge in [-0.15, -0.1) is 13.2 Å². The first kappa shape index (κ1) is 15.7. The van der Waals surface area contributed by atoms with Gasteiger partial charge in [0.15, 0.2) is 5.78 Å². The van der Waals surface area contributed by atoms with E-state index in [1.54, 1.807) is 0 Å². The van der Waals surface area contributed by atoms with Gasteiger partial charge in [0.2, 0.25) is 5.78 Å². The summed E-state index contributed by atoms with van der Waals surface area (Å²) in [4.78, 5) is 33.6. The molecule has 0 amide bonds. The first-order valence-electron chi connectivity index (χ1n) is 5.23. The van der Waals surface area contributed by atoms with Crippen molar-refractivity contribution in [1.82, 2.24) is 0 Å². The molecule has 1 aromatic rings. The molecule has 8 heteroatoms. The van der Waals surface area contributed by atoms with Gasteiger partial charge >= 0.3 is 12.3 Å². The predicted octanol–water partition coefficient (Wildman–Crippen LogP) is 1.90. The van der Waals surface area contributed by atoms with Crippen molar-refractivity contribution in [3.05, 3.63) is 29.8 Å². The van der Waals surface area contributed by atoms with E-state index in [9.17, 15) is 27.6 Å². The van der Waals surface area contributed by atoms with Crippen molar-refractivity contribution in [2.45, 2.75) is 12.8 Å². The molecule has 0 saturated carbocycles. The van der Waals surface area contributed by atoms with Crippen LogP contribution in [0, 0.1) is 0 Å². The van der Waals surface area contributed by atoms with Crippen molar-refractivity contribution in [3.63, 3.8) is 0 Å². The number of rotatable bonds is 5. The van der Waals surface area contributed by atoms with E-state index in [0.717, 1.165) is 25.3 Å². The SMILES string of the molecule is COC(=O)C(=O)CC(=O)c1cccc(OC(F)(F)F)c1. The van der Waals surface area contributed by atoms with E-state index >= 15 is 0 Å². The lowest BCUT2D eigenvalue weighted by molar-refractivity contribution is -0.274. The molecule has 1 aromatic carbocycles. The normalized spacial score (nSPS) is 10.8. The van der Waals surface area contributed by atoms with E-state index in [1.165, 1.54) is 6.07 Å². The van der Waals surface area contributed by atoms with Crippen LogP contribution in [0.5, 0.6) is 5.75 Å². The molecule has 0 unspecified atom stereocenters. The minimum atomic E-state index is -4.89. The number of halogens is 3. The van der Waals surface area contributed by atoms with Gasteiger partial charge in [0.05, 0.1) is 13.5 Å². The largest absolute Gasteiger partial charge is 0.573 e. The first-order chi connectivity index (χ1) is 9.23. The predicted molar refractivity (Wildman–Crippen MR) is 59.1 cm³/mol. The van der Waals surface area contributed by atoms with Crippen LogP contribution < -0.4 is 4.74 Å². The molecule has 0 aromatic heterocycles. The maximum Gasteiger partial charge on any atom is 0.573 e. The molecule has 1 rings (SSSR count). The molecule has 0 aliphatic heterocycles. The lowest BCUT2D eigenvalue weighted by Gasteiger charge is -2.09. The first-order valence-corrected chi connectivity index (χ1v) is 5.23. The monoisotopic (exact) mass is 290 g/mol. The highest BCUT2D eigenvalue weighted by molar-refractivity contribution is 6.38. The number of alkyl halides is 3. The number of Topliss-reactive ketones (excluding diaryl/α,β-unsaturated/α-hetero) is 2. The number of benzene rings is 1. The number of hydrogen-bond donors (Lipinski definition) is 0. The highest BCUT2D eigenvalue weighted by Gasteiger charge is 2.31. The Bertz CT molecular complexity index is 536. The fraction of sp³-hybridized carbons (Fsp3) is 0.250. The quantitative estimate of drug-likeness (QED) is 0.358.